The first-order valence-electron chi connectivity index (χ1n) is 7.54. The number of benzene rings is 1. The second-order valence-corrected chi connectivity index (χ2v) is 5.70. The molecule has 9 heteroatoms. The van der Waals surface area contributed by atoms with E-state index in [1.165, 1.54) is 6.07 Å². The molecule has 0 aliphatic heterocycles. The van der Waals surface area contributed by atoms with Gasteiger partial charge in [0.15, 0.2) is 0 Å². The normalized spacial score (nSPS) is 12.8. The third-order valence-corrected chi connectivity index (χ3v) is 3.90. The Morgan fingerprint density at radius 2 is 2.04 bits per heavy atom. The van der Waals surface area contributed by atoms with Crippen LogP contribution in [-0.2, 0) is 11.8 Å². The summed E-state index contributed by atoms with van der Waals surface area (Å²) in [6.45, 7) is 3.48. The van der Waals surface area contributed by atoms with Crippen molar-refractivity contribution in [2.75, 3.05) is 7.05 Å². The summed E-state index contributed by atoms with van der Waals surface area (Å²) < 4.78 is 1.62. The SMILES string of the molecule is CNC(C(=O)NC(C)c1ccc(C)c([N+](=O)[O-])c1)c1cnn(C)c1.Cl. The number of carbonyl (C=O) groups is 1. The van der Waals surface area contributed by atoms with Crippen LogP contribution in [-0.4, -0.2) is 27.7 Å². The summed E-state index contributed by atoms with van der Waals surface area (Å²) in [5.74, 6) is -0.221. The predicted octanol–water partition coefficient (Wildman–Crippen LogP) is 2.20. The van der Waals surface area contributed by atoms with Gasteiger partial charge in [-0.05, 0) is 26.5 Å². The zero-order chi connectivity index (χ0) is 17.9. The number of nitrogens with one attached hydrogen (secondary N) is 2. The summed E-state index contributed by atoms with van der Waals surface area (Å²) in [6.07, 6.45) is 3.39. The van der Waals surface area contributed by atoms with Gasteiger partial charge in [0.1, 0.15) is 6.04 Å². The van der Waals surface area contributed by atoms with Crippen LogP contribution in [0.3, 0.4) is 0 Å². The van der Waals surface area contributed by atoms with Crippen molar-refractivity contribution in [3.05, 3.63) is 57.4 Å². The third kappa shape index (κ3) is 4.77. The van der Waals surface area contributed by atoms with Crippen molar-refractivity contribution in [2.45, 2.75) is 25.9 Å². The van der Waals surface area contributed by atoms with Gasteiger partial charge in [0.05, 0.1) is 17.2 Å². The Kier molecular flexibility index (Phi) is 7.08. The second kappa shape index (κ2) is 8.59. The molecule has 0 aliphatic carbocycles. The highest BCUT2D eigenvalue weighted by molar-refractivity contribution is 5.85. The lowest BCUT2D eigenvalue weighted by molar-refractivity contribution is -0.385. The van der Waals surface area contributed by atoms with Crippen LogP contribution < -0.4 is 10.6 Å². The van der Waals surface area contributed by atoms with Gasteiger partial charge in [-0.25, -0.2) is 0 Å². The largest absolute Gasteiger partial charge is 0.348 e. The van der Waals surface area contributed by atoms with Gasteiger partial charge in [-0.15, -0.1) is 12.4 Å². The number of amides is 1. The number of likely N-dealkylation sites (N-methyl/N-ethyl adjacent to an activating group) is 1. The van der Waals surface area contributed by atoms with Gasteiger partial charge < -0.3 is 10.6 Å². The van der Waals surface area contributed by atoms with E-state index in [1.54, 1.807) is 57.2 Å². The number of aromatic nitrogens is 2. The van der Waals surface area contributed by atoms with Crippen LogP contribution in [0.4, 0.5) is 5.69 Å². The van der Waals surface area contributed by atoms with E-state index in [9.17, 15) is 14.9 Å². The first-order chi connectivity index (χ1) is 11.3. The molecule has 1 heterocycles. The maximum atomic E-state index is 12.5. The molecule has 1 amide bonds. The minimum atomic E-state index is -0.540. The molecule has 0 fully saturated rings. The summed E-state index contributed by atoms with van der Waals surface area (Å²) in [6, 6.07) is 4.07. The lowest BCUT2D eigenvalue weighted by atomic mass is 10.0. The molecule has 2 aromatic rings. The number of hydrogen-bond acceptors (Lipinski definition) is 5. The zero-order valence-electron chi connectivity index (χ0n) is 14.5. The summed E-state index contributed by atoms with van der Waals surface area (Å²) in [7, 11) is 3.47. The van der Waals surface area contributed by atoms with Crippen LogP contribution in [0, 0.1) is 17.0 Å². The molecule has 0 saturated carbocycles. The highest BCUT2D eigenvalue weighted by Crippen LogP contribution is 2.23. The Bertz CT molecular complexity index is 762. The van der Waals surface area contributed by atoms with Crippen molar-refractivity contribution >= 4 is 24.0 Å². The van der Waals surface area contributed by atoms with Crippen LogP contribution >= 0.6 is 12.4 Å². The Hall–Kier alpha value is -2.45. The minimum absolute atomic E-state index is 0. The summed E-state index contributed by atoms with van der Waals surface area (Å²) >= 11 is 0. The van der Waals surface area contributed by atoms with Gasteiger partial charge in [0.2, 0.25) is 5.91 Å². The highest BCUT2D eigenvalue weighted by atomic mass is 35.5. The fourth-order valence-corrected chi connectivity index (χ4v) is 2.51. The van der Waals surface area contributed by atoms with E-state index in [4.69, 9.17) is 0 Å². The fourth-order valence-electron chi connectivity index (χ4n) is 2.51. The van der Waals surface area contributed by atoms with Crippen molar-refractivity contribution < 1.29 is 9.72 Å². The maximum absolute atomic E-state index is 12.5. The standard InChI is InChI=1S/C16H21N5O3.ClH/c1-10-5-6-12(7-14(10)21(23)24)11(2)19-16(22)15(17-3)13-8-18-20(4)9-13;/h5-9,11,15,17H,1-4H3,(H,19,22);1H. The molecule has 0 aliphatic rings. The van der Waals surface area contributed by atoms with Crippen LogP contribution in [0.25, 0.3) is 0 Å². The predicted molar refractivity (Wildman–Crippen MR) is 96.6 cm³/mol. The number of rotatable bonds is 6. The molecular formula is C16H22ClN5O3. The average Bonchev–Trinajstić information content (AvgIpc) is 2.94. The Morgan fingerprint density at radius 1 is 1.36 bits per heavy atom. The number of nitro groups is 1. The highest BCUT2D eigenvalue weighted by Gasteiger charge is 2.23. The molecule has 25 heavy (non-hydrogen) atoms. The van der Waals surface area contributed by atoms with Crippen molar-refractivity contribution in [3.63, 3.8) is 0 Å². The molecule has 8 nitrogen and oxygen atoms in total. The second-order valence-electron chi connectivity index (χ2n) is 5.70. The molecule has 0 bridgehead atoms. The molecule has 2 unspecified atom stereocenters. The van der Waals surface area contributed by atoms with E-state index < -0.39 is 11.0 Å². The van der Waals surface area contributed by atoms with Crippen LogP contribution in [0.2, 0.25) is 0 Å². The number of halogens is 1. The third-order valence-electron chi connectivity index (χ3n) is 3.90. The number of aryl methyl sites for hydroxylation is 2. The van der Waals surface area contributed by atoms with Crippen molar-refractivity contribution in [3.8, 4) is 0 Å². The first kappa shape index (κ1) is 20.6. The molecule has 0 radical (unpaired) electrons. The van der Waals surface area contributed by atoms with E-state index in [0.29, 0.717) is 11.1 Å². The number of nitro benzene ring substituents is 1. The zero-order valence-corrected chi connectivity index (χ0v) is 15.3. The van der Waals surface area contributed by atoms with E-state index in [0.717, 1.165) is 5.56 Å². The summed E-state index contributed by atoms with van der Waals surface area (Å²) in [5, 5.41) is 21.0. The van der Waals surface area contributed by atoms with Gasteiger partial charge in [-0.3, -0.25) is 19.6 Å². The van der Waals surface area contributed by atoms with Gasteiger partial charge in [0, 0.05) is 30.4 Å². The van der Waals surface area contributed by atoms with E-state index in [2.05, 4.69) is 15.7 Å². The number of carbonyl (C=O) groups excluding carboxylic acids is 1. The van der Waals surface area contributed by atoms with Crippen LogP contribution in [0.5, 0.6) is 0 Å². The maximum Gasteiger partial charge on any atom is 0.272 e. The van der Waals surface area contributed by atoms with Crippen molar-refractivity contribution in [1.82, 2.24) is 20.4 Å². The molecule has 136 valence electrons. The van der Waals surface area contributed by atoms with Crippen LogP contribution in [0.1, 0.15) is 35.7 Å². The van der Waals surface area contributed by atoms with E-state index >= 15 is 0 Å². The first-order valence-corrected chi connectivity index (χ1v) is 7.54. The van der Waals surface area contributed by atoms with E-state index in [-0.39, 0.29) is 30.0 Å². The number of nitrogens with zero attached hydrogens (tertiary/aromatic N) is 3. The van der Waals surface area contributed by atoms with E-state index in [1.807, 2.05) is 0 Å². The number of hydrogen-bond donors (Lipinski definition) is 2. The fraction of sp³-hybridized carbons (Fsp3) is 0.375. The topological polar surface area (TPSA) is 102 Å². The Balaban J connectivity index is 0.00000312. The molecule has 1 aromatic carbocycles. The molecule has 2 N–H and O–H groups in total. The van der Waals surface area contributed by atoms with Gasteiger partial charge in [-0.2, -0.15) is 5.10 Å². The van der Waals surface area contributed by atoms with Gasteiger partial charge >= 0.3 is 0 Å². The molecule has 0 saturated heterocycles. The quantitative estimate of drug-likeness (QED) is 0.602. The molecule has 2 atom stereocenters. The Morgan fingerprint density at radius 3 is 2.56 bits per heavy atom. The molecule has 0 spiro atoms. The smallest absolute Gasteiger partial charge is 0.272 e. The monoisotopic (exact) mass is 367 g/mol. The Labute approximate surface area is 152 Å². The molecular weight excluding hydrogens is 346 g/mol. The summed E-state index contributed by atoms with van der Waals surface area (Å²) in [5.41, 5.74) is 2.07. The lowest BCUT2D eigenvalue weighted by Crippen LogP contribution is -2.37. The van der Waals surface area contributed by atoms with Crippen molar-refractivity contribution in [1.29, 1.82) is 0 Å². The molecule has 1 aromatic heterocycles. The molecule has 2 rings (SSSR count). The lowest BCUT2D eigenvalue weighted by Gasteiger charge is -2.19. The summed E-state index contributed by atoms with van der Waals surface area (Å²) in [4.78, 5) is 23.2. The van der Waals surface area contributed by atoms with Gasteiger partial charge in [-0.1, -0.05) is 12.1 Å². The minimum Gasteiger partial charge on any atom is -0.348 e. The van der Waals surface area contributed by atoms with Crippen molar-refractivity contribution in [2.24, 2.45) is 7.05 Å². The average molecular weight is 368 g/mol. The van der Waals surface area contributed by atoms with Gasteiger partial charge in [0.25, 0.3) is 5.69 Å². The van der Waals surface area contributed by atoms with Crippen LogP contribution in [0.15, 0.2) is 30.6 Å².